The number of carbonyl (C=O) groups excluding carboxylic acids is 2. The number of aliphatic imine (C=N–C) groups is 2. The maximum absolute atomic E-state index is 13.5. The molecular formula is C26H21N5O3S. The van der Waals surface area contributed by atoms with Crippen molar-refractivity contribution in [1.29, 1.82) is 0 Å². The fourth-order valence-electron chi connectivity index (χ4n) is 4.32. The molecule has 0 fully saturated rings. The van der Waals surface area contributed by atoms with E-state index in [-0.39, 0.29) is 17.6 Å². The summed E-state index contributed by atoms with van der Waals surface area (Å²) >= 11 is 1.22. The predicted molar refractivity (Wildman–Crippen MR) is 136 cm³/mol. The Morgan fingerprint density at radius 3 is 2.86 bits per heavy atom. The van der Waals surface area contributed by atoms with Crippen molar-refractivity contribution >= 4 is 51.2 Å². The van der Waals surface area contributed by atoms with Crippen LogP contribution >= 0.6 is 11.8 Å². The van der Waals surface area contributed by atoms with Crippen LogP contribution in [0, 0.1) is 0 Å². The number of carbonyl (C=O) groups is 2. The topological polar surface area (TPSA) is 103 Å². The van der Waals surface area contributed by atoms with E-state index in [1.165, 1.54) is 11.8 Å². The quantitative estimate of drug-likeness (QED) is 0.432. The molecule has 9 heteroatoms. The van der Waals surface area contributed by atoms with Gasteiger partial charge in [-0.2, -0.15) is 0 Å². The molecule has 4 aromatic rings. The highest BCUT2D eigenvalue weighted by molar-refractivity contribution is 8.14. The molecule has 2 aliphatic heterocycles. The van der Waals surface area contributed by atoms with E-state index in [4.69, 9.17) is 14.4 Å². The Morgan fingerprint density at radius 2 is 1.97 bits per heavy atom. The second kappa shape index (κ2) is 8.92. The molecule has 2 aromatic carbocycles. The first-order chi connectivity index (χ1) is 17.2. The van der Waals surface area contributed by atoms with E-state index in [0.717, 1.165) is 27.7 Å². The Hall–Kier alpha value is -4.11. The van der Waals surface area contributed by atoms with E-state index in [1.807, 2.05) is 54.7 Å². The third-order valence-electron chi connectivity index (χ3n) is 6.01. The number of hydrogen-bond acceptors (Lipinski definition) is 6. The average Bonchev–Trinajstić information content (AvgIpc) is 3.62. The highest BCUT2D eigenvalue weighted by Gasteiger charge is 2.41. The molecule has 35 heavy (non-hydrogen) atoms. The van der Waals surface area contributed by atoms with Crippen molar-refractivity contribution in [3.8, 4) is 0 Å². The van der Waals surface area contributed by atoms with Crippen molar-refractivity contribution in [2.24, 2.45) is 9.98 Å². The normalized spacial score (nSPS) is 16.6. The van der Waals surface area contributed by atoms with Gasteiger partial charge in [-0.05, 0) is 35.9 Å². The number of aromatic nitrogens is 1. The molecular weight excluding hydrogens is 462 g/mol. The van der Waals surface area contributed by atoms with Gasteiger partial charge >= 0.3 is 0 Å². The van der Waals surface area contributed by atoms with Gasteiger partial charge in [0, 0.05) is 29.1 Å². The molecule has 0 aliphatic carbocycles. The van der Waals surface area contributed by atoms with Crippen LogP contribution in [0.15, 0.2) is 87.5 Å². The van der Waals surface area contributed by atoms with E-state index in [0.29, 0.717) is 29.7 Å². The number of amidine groups is 2. The number of nitrogens with one attached hydrogen (secondary N) is 2. The van der Waals surface area contributed by atoms with Gasteiger partial charge in [-0.1, -0.05) is 42.1 Å². The van der Waals surface area contributed by atoms with Crippen molar-refractivity contribution in [1.82, 2.24) is 15.2 Å². The average molecular weight is 484 g/mol. The summed E-state index contributed by atoms with van der Waals surface area (Å²) in [6.07, 6.45) is 3.99. The summed E-state index contributed by atoms with van der Waals surface area (Å²) < 4.78 is 5.25. The minimum atomic E-state index is -0.561. The lowest BCUT2D eigenvalue weighted by Gasteiger charge is -2.25. The summed E-state index contributed by atoms with van der Waals surface area (Å²) in [6.45, 7) is 0.309. The third kappa shape index (κ3) is 4.04. The summed E-state index contributed by atoms with van der Waals surface area (Å²) in [5.41, 5.74) is 3.62. The molecule has 0 spiro atoms. The van der Waals surface area contributed by atoms with Crippen molar-refractivity contribution in [2.75, 3.05) is 5.75 Å². The lowest BCUT2D eigenvalue weighted by molar-refractivity contribution is -0.124. The van der Waals surface area contributed by atoms with E-state index in [1.54, 1.807) is 23.3 Å². The monoisotopic (exact) mass is 483 g/mol. The van der Waals surface area contributed by atoms with Gasteiger partial charge in [-0.15, -0.1) is 0 Å². The summed E-state index contributed by atoms with van der Waals surface area (Å²) in [5.74, 6) is 1.07. The highest BCUT2D eigenvalue weighted by Crippen LogP contribution is 2.34. The lowest BCUT2D eigenvalue weighted by Crippen LogP contribution is -2.42. The van der Waals surface area contributed by atoms with Crippen LogP contribution in [0.3, 0.4) is 0 Å². The molecule has 4 heterocycles. The van der Waals surface area contributed by atoms with Gasteiger partial charge in [0.2, 0.25) is 5.91 Å². The summed E-state index contributed by atoms with van der Waals surface area (Å²) in [6, 6.07) is 18.7. The number of benzene rings is 2. The minimum absolute atomic E-state index is 0.117. The number of thioether (sulfide) groups is 1. The smallest absolute Gasteiger partial charge is 0.259 e. The third-order valence-corrected chi connectivity index (χ3v) is 6.95. The van der Waals surface area contributed by atoms with Crippen LogP contribution in [0.25, 0.3) is 10.9 Å². The number of rotatable bonds is 6. The fourth-order valence-corrected chi connectivity index (χ4v) is 5.15. The Labute approximate surface area is 205 Å². The fraction of sp³-hybridized carbons (Fsp3) is 0.154. The molecule has 0 saturated heterocycles. The standard InChI is InChI=1S/C26H21N5O3S/c32-23(28-14-17-6-5-11-34-17)15-35-26-30-21-10-4-2-8-19(21)24-29-22(25(33)31(24)26)12-16-13-27-20-9-3-1-7-18(16)20/h1-11,13,22,27H,12,14-15H2,(H,28,32). The van der Waals surface area contributed by atoms with Gasteiger partial charge in [0.15, 0.2) is 5.17 Å². The van der Waals surface area contributed by atoms with Crippen LogP contribution in [0.2, 0.25) is 0 Å². The Morgan fingerprint density at radius 1 is 1.11 bits per heavy atom. The highest BCUT2D eigenvalue weighted by atomic mass is 32.2. The zero-order valence-electron chi connectivity index (χ0n) is 18.6. The first-order valence-corrected chi connectivity index (χ1v) is 12.2. The number of nitrogens with zero attached hydrogens (tertiary/aromatic N) is 3. The number of aromatic amines is 1. The molecule has 8 nitrogen and oxygen atoms in total. The molecule has 2 aromatic heterocycles. The zero-order chi connectivity index (χ0) is 23.8. The van der Waals surface area contributed by atoms with Gasteiger partial charge in [0.05, 0.1) is 24.2 Å². The number of H-pyrrole nitrogens is 1. The molecule has 0 radical (unpaired) electrons. The summed E-state index contributed by atoms with van der Waals surface area (Å²) in [5, 5.41) is 4.37. The SMILES string of the molecule is O=C(CSC1=Nc2ccccc2C2=NC(Cc3c[nH]c4ccccc34)C(=O)N12)NCc1ccco1. The van der Waals surface area contributed by atoms with Crippen LogP contribution in [0.5, 0.6) is 0 Å². The molecule has 174 valence electrons. The van der Waals surface area contributed by atoms with Crippen molar-refractivity contribution in [2.45, 2.75) is 19.0 Å². The van der Waals surface area contributed by atoms with Crippen LogP contribution in [0.1, 0.15) is 16.9 Å². The Kier molecular flexibility index (Phi) is 5.46. The van der Waals surface area contributed by atoms with Gasteiger partial charge < -0.3 is 14.7 Å². The first kappa shape index (κ1) is 21.4. The number of amides is 2. The number of para-hydroxylation sites is 2. The molecule has 6 rings (SSSR count). The molecule has 1 unspecified atom stereocenters. The van der Waals surface area contributed by atoms with Gasteiger partial charge in [0.25, 0.3) is 5.91 Å². The van der Waals surface area contributed by atoms with Gasteiger partial charge in [-0.25, -0.2) is 9.89 Å². The summed E-state index contributed by atoms with van der Waals surface area (Å²) in [4.78, 5) is 40.3. The second-order valence-corrected chi connectivity index (χ2v) is 9.20. The second-order valence-electron chi connectivity index (χ2n) is 8.26. The number of furan rings is 1. The summed E-state index contributed by atoms with van der Waals surface area (Å²) in [7, 11) is 0. The van der Waals surface area contributed by atoms with Crippen LogP contribution in [0.4, 0.5) is 5.69 Å². The molecule has 0 bridgehead atoms. The van der Waals surface area contributed by atoms with Crippen LogP contribution in [-0.4, -0.2) is 44.5 Å². The van der Waals surface area contributed by atoms with E-state index in [2.05, 4.69) is 10.3 Å². The van der Waals surface area contributed by atoms with Gasteiger partial charge in [0.1, 0.15) is 17.6 Å². The number of hydrogen-bond donors (Lipinski definition) is 2. The van der Waals surface area contributed by atoms with Crippen molar-refractivity contribution < 1.29 is 14.0 Å². The number of fused-ring (bicyclic) bond motifs is 4. The zero-order valence-corrected chi connectivity index (χ0v) is 19.4. The van der Waals surface area contributed by atoms with Crippen LogP contribution in [-0.2, 0) is 22.6 Å². The maximum Gasteiger partial charge on any atom is 0.259 e. The lowest BCUT2D eigenvalue weighted by atomic mass is 10.1. The minimum Gasteiger partial charge on any atom is -0.467 e. The van der Waals surface area contributed by atoms with Crippen LogP contribution < -0.4 is 5.32 Å². The molecule has 2 aliphatic rings. The molecule has 2 N–H and O–H groups in total. The first-order valence-electron chi connectivity index (χ1n) is 11.2. The van der Waals surface area contributed by atoms with Gasteiger partial charge in [-0.3, -0.25) is 14.6 Å². The largest absolute Gasteiger partial charge is 0.467 e. The molecule has 2 amide bonds. The molecule has 1 atom stereocenters. The Bertz CT molecular complexity index is 1490. The van der Waals surface area contributed by atoms with Crippen molar-refractivity contribution in [3.63, 3.8) is 0 Å². The van der Waals surface area contributed by atoms with E-state index >= 15 is 0 Å². The van der Waals surface area contributed by atoms with E-state index in [9.17, 15) is 9.59 Å². The Balaban J connectivity index is 1.23. The molecule has 0 saturated carbocycles. The van der Waals surface area contributed by atoms with E-state index < -0.39 is 6.04 Å². The predicted octanol–water partition coefficient (Wildman–Crippen LogP) is 4.01. The van der Waals surface area contributed by atoms with Crippen molar-refractivity contribution in [3.05, 3.63) is 90.0 Å². The maximum atomic E-state index is 13.5.